The molecule has 8 amide bonds. The zero-order chi connectivity index (χ0) is 56.8. The van der Waals surface area contributed by atoms with E-state index in [-0.39, 0.29) is 69.1 Å². The van der Waals surface area contributed by atoms with Gasteiger partial charge in [-0.25, -0.2) is 9.78 Å². The summed E-state index contributed by atoms with van der Waals surface area (Å²) in [6.45, 7) is 10.6. The molecule has 1 fully saturated rings. The number of aromatic hydroxyl groups is 1. The molecule has 2 aromatic carbocycles. The number of carbonyl (C=O) groups excluding carboxylic acids is 8. The largest absolute Gasteiger partial charge is 0.508 e. The molecule has 9 atom stereocenters. The van der Waals surface area contributed by atoms with Crippen molar-refractivity contribution in [2.24, 2.45) is 23.5 Å². The SMILES string of the molecule is CC[C@H](C)[C@H](NC(=O)[C@H](Cc1ccccc1)NC(=O)CNC(=O)[C@@H]1CCCN1C(=O)[C@H](CCSC)NC(=O)[C@H](CC(C)C)NC(=O)[C@@H](N)Cc1ccc(O)cc1)C(=O)N[C@@H](Cc1cnc[nH]1)C(=O)N[C@@H](CC(C)C)C(=O)O. The van der Waals surface area contributed by atoms with Crippen LogP contribution in [0.4, 0.5) is 0 Å². The van der Waals surface area contributed by atoms with E-state index in [1.165, 1.54) is 41.3 Å². The minimum absolute atomic E-state index is 0.0130. The third-order valence-corrected chi connectivity index (χ3v) is 13.9. The van der Waals surface area contributed by atoms with Crippen LogP contribution in [0.25, 0.3) is 0 Å². The normalized spacial score (nSPS) is 16.4. The van der Waals surface area contributed by atoms with E-state index in [0.29, 0.717) is 35.4 Å². The first-order chi connectivity index (χ1) is 36.6. The van der Waals surface area contributed by atoms with Crippen molar-refractivity contribution in [1.29, 1.82) is 0 Å². The Bertz CT molecular complexity index is 2430. The van der Waals surface area contributed by atoms with Gasteiger partial charge in [-0.15, -0.1) is 0 Å². The summed E-state index contributed by atoms with van der Waals surface area (Å²) < 4.78 is 0. The Balaban J connectivity index is 1.46. The van der Waals surface area contributed by atoms with Gasteiger partial charge in [0.15, 0.2) is 0 Å². The molecule has 422 valence electrons. The highest BCUT2D eigenvalue weighted by Crippen LogP contribution is 2.21. The molecule has 1 aromatic heterocycles. The van der Waals surface area contributed by atoms with Crippen LogP contribution in [0.5, 0.6) is 5.75 Å². The Labute approximate surface area is 454 Å². The number of carboxylic acid groups (broad SMARTS) is 1. The van der Waals surface area contributed by atoms with Crippen molar-refractivity contribution in [2.75, 3.05) is 25.1 Å². The number of nitrogens with two attached hydrogens (primary N) is 1. The Morgan fingerprint density at radius 3 is 1.92 bits per heavy atom. The van der Waals surface area contributed by atoms with Gasteiger partial charge in [-0.2, -0.15) is 11.8 Å². The number of hydrogen-bond donors (Lipinski definition) is 11. The first-order valence-electron chi connectivity index (χ1n) is 26.3. The Morgan fingerprint density at radius 2 is 1.31 bits per heavy atom. The van der Waals surface area contributed by atoms with Crippen molar-refractivity contribution in [3.8, 4) is 5.75 Å². The van der Waals surface area contributed by atoms with Gasteiger partial charge >= 0.3 is 5.97 Å². The van der Waals surface area contributed by atoms with E-state index in [1.807, 2.05) is 40.9 Å². The average Bonchev–Trinajstić information content (AvgIpc) is 4.11. The number of likely N-dealkylation sites (tertiary alicyclic amines) is 1. The third-order valence-electron chi connectivity index (χ3n) is 13.2. The maximum absolute atomic E-state index is 14.3. The van der Waals surface area contributed by atoms with Crippen molar-refractivity contribution >= 4 is 65.0 Å². The number of benzene rings is 2. The number of aromatic nitrogens is 2. The Kier molecular flexibility index (Phi) is 25.4. The summed E-state index contributed by atoms with van der Waals surface area (Å²) in [7, 11) is 0. The maximum atomic E-state index is 14.3. The number of carbonyl (C=O) groups is 9. The van der Waals surface area contributed by atoms with Gasteiger partial charge in [-0.1, -0.05) is 90.4 Å². The zero-order valence-electron chi connectivity index (χ0n) is 45.1. The molecule has 1 aliphatic heterocycles. The summed E-state index contributed by atoms with van der Waals surface area (Å²) in [6.07, 6.45) is 6.53. The van der Waals surface area contributed by atoms with Crippen molar-refractivity contribution < 1.29 is 53.4 Å². The molecule has 0 bridgehead atoms. The lowest BCUT2D eigenvalue weighted by molar-refractivity contribution is -0.143. The second-order valence-corrected chi connectivity index (χ2v) is 21.5. The number of H-pyrrole nitrogens is 1. The van der Waals surface area contributed by atoms with Gasteiger partial charge in [0.25, 0.3) is 0 Å². The van der Waals surface area contributed by atoms with E-state index in [1.54, 1.807) is 49.4 Å². The highest BCUT2D eigenvalue weighted by Gasteiger charge is 2.39. The molecule has 1 aliphatic rings. The molecule has 23 heteroatoms. The van der Waals surface area contributed by atoms with Crippen LogP contribution in [0.3, 0.4) is 0 Å². The van der Waals surface area contributed by atoms with Crippen LogP contribution >= 0.6 is 11.8 Å². The van der Waals surface area contributed by atoms with Crippen molar-refractivity contribution in [3.05, 3.63) is 83.9 Å². The van der Waals surface area contributed by atoms with Crippen LogP contribution in [-0.4, -0.2) is 152 Å². The molecule has 12 N–H and O–H groups in total. The third kappa shape index (κ3) is 20.5. The molecule has 4 rings (SSSR count). The minimum atomic E-state index is -1.27. The lowest BCUT2D eigenvalue weighted by Gasteiger charge is -2.30. The van der Waals surface area contributed by atoms with E-state index in [0.717, 1.165) is 0 Å². The van der Waals surface area contributed by atoms with Crippen molar-refractivity contribution in [2.45, 2.75) is 148 Å². The number of rotatable bonds is 31. The number of aliphatic carboxylic acids is 1. The van der Waals surface area contributed by atoms with Crippen LogP contribution < -0.4 is 43.0 Å². The predicted molar refractivity (Wildman–Crippen MR) is 291 cm³/mol. The van der Waals surface area contributed by atoms with Crippen molar-refractivity contribution in [1.82, 2.24) is 52.1 Å². The lowest BCUT2D eigenvalue weighted by atomic mass is 9.96. The van der Waals surface area contributed by atoms with Crippen LogP contribution in [0, 0.1) is 17.8 Å². The summed E-state index contributed by atoms with van der Waals surface area (Å²) in [4.78, 5) is 132. The van der Waals surface area contributed by atoms with Gasteiger partial charge in [0.2, 0.25) is 47.3 Å². The van der Waals surface area contributed by atoms with Gasteiger partial charge in [0.1, 0.15) is 48.0 Å². The van der Waals surface area contributed by atoms with Gasteiger partial charge in [0.05, 0.1) is 18.9 Å². The number of aromatic amines is 1. The first kappa shape index (κ1) is 62.5. The molecule has 0 aliphatic carbocycles. The fraction of sp³-hybridized carbons (Fsp3) is 0.556. The first-order valence-corrected chi connectivity index (χ1v) is 27.7. The molecule has 1 saturated heterocycles. The number of imidazole rings is 1. The topological polar surface area (TPSA) is 336 Å². The molecule has 0 spiro atoms. The quantitative estimate of drug-likeness (QED) is 0.0435. The standard InChI is InChI=1S/C54H79N11O11S/c1-8-33(6)46(52(73)62-42(27-36-28-56-30-58-36)49(70)63-43(54(75)76)24-32(4)5)64-50(71)41(26-34-13-10-9-11-14-34)59-45(67)29-57-51(72)44-15-12-21-65(44)53(74)39(20-22-77-7)60-48(69)40(23-31(2)3)61-47(68)38(55)25-35-16-18-37(66)19-17-35/h9-11,13-14,16-19,28,30-33,38-44,46,66H,8,12,15,20-27,29,55H2,1-7H3,(H,56,58)(H,57,72)(H,59,67)(H,60,69)(H,61,68)(H,62,73)(H,63,70)(H,64,71)(H,75,76)/t33-,38-,39-,40-,41-,42-,43-,44-,46-/m0/s1. The van der Waals surface area contributed by atoms with Gasteiger partial charge in [-0.05, 0) is 91.5 Å². The van der Waals surface area contributed by atoms with E-state index in [4.69, 9.17) is 5.73 Å². The average molecular weight is 1090 g/mol. The number of hydrogen-bond acceptors (Lipinski definition) is 13. The molecule has 3 aromatic rings. The van der Waals surface area contributed by atoms with Crippen molar-refractivity contribution in [3.63, 3.8) is 0 Å². The van der Waals surface area contributed by atoms with E-state index in [9.17, 15) is 53.4 Å². The number of amides is 8. The molecule has 77 heavy (non-hydrogen) atoms. The summed E-state index contributed by atoms with van der Waals surface area (Å²) in [5, 5.41) is 38.4. The van der Waals surface area contributed by atoms with Crippen LogP contribution in [0.15, 0.2) is 67.1 Å². The fourth-order valence-electron chi connectivity index (χ4n) is 8.83. The summed E-state index contributed by atoms with van der Waals surface area (Å²) in [5.41, 5.74) is 8.10. The number of nitrogens with one attached hydrogen (secondary N) is 8. The second-order valence-electron chi connectivity index (χ2n) is 20.5. The molecule has 0 radical (unpaired) electrons. The summed E-state index contributed by atoms with van der Waals surface area (Å²) >= 11 is 1.46. The van der Waals surface area contributed by atoms with E-state index >= 15 is 0 Å². The molecular formula is C54H79N11O11S. The lowest BCUT2D eigenvalue weighted by Crippen LogP contribution is -2.60. The minimum Gasteiger partial charge on any atom is -0.508 e. The number of carboxylic acids is 1. The Hall–Kier alpha value is -7.01. The van der Waals surface area contributed by atoms with Crippen LogP contribution in [0.2, 0.25) is 0 Å². The highest BCUT2D eigenvalue weighted by atomic mass is 32.2. The molecule has 22 nitrogen and oxygen atoms in total. The highest BCUT2D eigenvalue weighted by molar-refractivity contribution is 7.98. The summed E-state index contributed by atoms with van der Waals surface area (Å²) in [6, 6.07) is 6.02. The fourth-order valence-corrected chi connectivity index (χ4v) is 9.30. The molecule has 0 saturated carbocycles. The van der Waals surface area contributed by atoms with Gasteiger partial charge in [-0.3, -0.25) is 38.4 Å². The Morgan fingerprint density at radius 1 is 0.727 bits per heavy atom. The number of nitrogens with zero attached hydrogens (tertiary/aromatic N) is 2. The molecular weight excluding hydrogens is 1010 g/mol. The number of phenols is 1. The monoisotopic (exact) mass is 1090 g/mol. The second kappa shape index (κ2) is 31.3. The smallest absolute Gasteiger partial charge is 0.326 e. The zero-order valence-corrected chi connectivity index (χ0v) is 46.0. The number of phenolic OH excluding ortho intramolecular Hbond substituents is 1. The maximum Gasteiger partial charge on any atom is 0.326 e. The predicted octanol–water partition coefficient (Wildman–Crippen LogP) is 1.46. The number of thioether (sulfide) groups is 1. The molecule has 0 unspecified atom stereocenters. The summed E-state index contributed by atoms with van der Waals surface area (Å²) in [5.74, 6) is -6.51. The van der Waals surface area contributed by atoms with Gasteiger partial charge in [0, 0.05) is 31.3 Å². The van der Waals surface area contributed by atoms with Crippen LogP contribution in [0.1, 0.15) is 96.9 Å². The van der Waals surface area contributed by atoms with Gasteiger partial charge < -0.3 is 63.0 Å². The molecule has 2 heterocycles. The van der Waals surface area contributed by atoms with E-state index in [2.05, 4.69) is 47.2 Å². The van der Waals surface area contributed by atoms with Crippen LogP contribution in [-0.2, 0) is 62.4 Å². The van der Waals surface area contributed by atoms with E-state index < -0.39 is 114 Å².